The van der Waals surface area contributed by atoms with Gasteiger partial charge in [-0.05, 0) is 42.3 Å². The summed E-state index contributed by atoms with van der Waals surface area (Å²) in [4.78, 5) is 2.58. The molecule has 0 spiro atoms. The molecule has 0 N–H and O–H groups in total. The lowest BCUT2D eigenvalue weighted by Gasteiger charge is -2.34. The SMILES string of the molecule is COc1ccc(S(=O)(=O)N2CCN(Cc3ccccc3Cl)CC2)c(C)c1. The average molecular weight is 395 g/mol. The number of hydrogen-bond donors (Lipinski definition) is 0. The average Bonchev–Trinajstić information content (AvgIpc) is 2.63. The molecule has 0 atom stereocenters. The number of aryl methyl sites for hydroxylation is 1. The van der Waals surface area contributed by atoms with Crippen molar-refractivity contribution in [1.29, 1.82) is 0 Å². The van der Waals surface area contributed by atoms with E-state index in [1.807, 2.05) is 24.3 Å². The summed E-state index contributed by atoms with van der Waals surface area (Å²) in [6, 6.07) is 12.8. The highest BCUT2D eigenvalue weighted by Gasteiger charge is 2.29. The van der Waals surface area contributed by atoms with Gasteiger partial charge in [0.1, 0.15) is 5.75 Å². The number of rotatable bonds is 5. The number of halogens is 1. The molecule has 1 aliphatic rings. The third-order valence-electron chi connectivity index (χ3n) is 4.68. The summed E-state index contributed by atoms with van der Waals surface area (Å²) in [7, 11) is -1.93. The Labute approximate surface area is 160 Å². The van der Waals surface area contributed by atoms with Crippen molar-refractivity contribution in [2.45, 2.75) is 18.4 Å². The molecular weight excluding hydrogens is 372 g/mol. The van der Waals surface area contributed by atoms with Crippen LogP contribution in [0.25, 0.3) is 0 Å². The van der Waals surface area contributed by atoms with Crippen LogP contribution in [0, 0.1) is 6.92 Å². The molecular formula is C19H23ClN2O3S. The molecule has 2 aromatic carbocycles. The second-order valence-corrected chi connectivity index (χ2v) is 8.72. The van der Waals surface area contributed by atoms with Crippen LogP contribution in [0.2, 0.25) is 5.02 Å². The van der Waals surface area contributed by atoms with Crippen molar-refractivity contribution < 1.29 is 13.2 Å². The maximum Gasteiger partial charge on any atom is 0.243 e. The molecule has 1 saturated heterocycles. The van der Waals surface area contributed by atoms with Gasteiger partial charge in [0.25, 0.3) is 0 Å². The Balaban J connectivity index is 1.68. The highest BCUT2D eigenvalue weighted by molar-refractivity contribution is 7.89. The van der Waals surface area contributed by atoms with E-state index in [9.17, 15) is 8.42 Å². The molecule has 0 unspecified atom stereocenters. The Morgan fingerprint density at radius 3 is 2.38 bits per heavy atom. The summed E-state index contributed by atoms with van der Waals surface area (Å²) in [6.07, 6.45) is 0. The lowest BCUT2D eigenvalue weighted by molar-refractivity contribution is 0.181. The second kappa shape index (κ2) is 7.96. The zero-order valence-electron chi connectivity index (χ0n) is 15.0. The maximum absolute atomic E-state index is 13.0. The van der Waals surface area contributed by atoms with Crippen molar-refractivity contribution in [2.24, 2.45) is 0 Å². The Hall–Kier alpha value is -1.60. The zero-order chi connectivity index (χ0) is 18.7. The largest absolute Gasteiger partial charge is 0.497 e. The third kappa shape index (κ3) is 4.04. The van der Waals surface area contributed by atoms with Crippen LogP contribution in [0.15, 0.2) is 47.4 Å². The van der Waals surface area contributed by atoms with Crippen LogP contribution in [-0.4, -0.2) is 50.9 Å². The standard InChI is InChI=1S/C19H23ClN2O3S/c1-15-13-17(25-2)7-8-19(15)26(23,24)22-11-9-21(10-12-22)14-16-5-3-4-6-18(16)20/h3-8,13H,9-12,14H2,1-2H3. The van der Waals surface area contributed by atoms with E-state index in [1.165, 1.54) is 0 Å². The first kappa shape index (κ1) is 19.2. The van der Waals surface area contributed by atoms with Crippen LogP contribution in [0.5, 0.6) is 5.75 Å². The van der Waals surface area contributed by atoms with Gasteiger partial charge in [0.15, 0.2) is 0 Å². The van der Waals surface area contributed by atoms with Crippen molar-refractivity contribution in [2.75, 3.05) is 33.3 Å². The summed E-state index contributed by atoms with van der Waals surface area (Å²) in [6.45, 7) is 4.83. The van der Waals surface area contributed by atoms with Crippen LogP contribution in [0.4, 0.5) is 0 Å². The molecule has 2 aromatic rings. The summed E-state index contributed by atoms with van der Waals surface area (Å²) in [5, 5.41) is 0.747. The normalized spacial score (nSPS) is 16.6. The van der Waals surface area contributed by atoms with Gasteiger partial charge in [-0.25, -0.2) is 8.42 Å². The number of ether oxygens (including phenoxy) is 1. The predicted octanol–water partition coefficient (Wildman–Crippen LogP) is 3.16. The fourth-order valence-electron chi connectivity index (χ4n) is 3.17. The van der Waals surface area contributed by atoms with Crippen molar-refractivity contribution in [3.8, 4) is 5.75 Å². The van der Waals surface area contributed by atoms with E-state index < -0.39 is 10.0 Å². The van der Waals surface area contributed by atoms with Crippen molar-refractivity contribution in [1.82, 2.24) is 9.21 Å². The van der Waals surface area contributed by atoms with E-state index in [-0.39, 0.29) is 0 Å². The monoisotopic (exact) mass is 394 g/mol. The Kier molecular flexibility index (Phi) is 5.87. The quantitative estimate of drug-likeness (QED) is 0.781. The minimum absolute atomic E-state index is 0.345. The molecule has 26 heavy (non-hydrogen) atoms. The molecule has 0 aromatic heterocycles. The summed E-state index contributed by atoms with van der Waals surface area (Å²) in [5.74, 6) is 0.658. The Morgan fingerprint density at radius 2 is 1.77 bits per heavy atom. The molecule has 0 radical (unpaired) electrons. The molecule has 0 aliphatic carbocycles. The molecule has 3 rings (SSSR count). The first-order valence-electron chi connectivity index (χ1n) is 8.52. The minimum atomic E-state index is -3.50. The highest BCUT2D eigenvalue weighted by Crippen LogP contribution is 2.25. The van der Waals surface area contributed by atoms with E-state index in [2.05, 4.69) is 4.90 Å². The van der Waals surface area contributed by atoms with Crippen molar-refractivity contribution in [3.05, 3.63) is 58.6 Å². The highest BCUT2D eigenvalue weighted by atomic mass is 35.5. The molecule has 5 nitrogen and oxygen atoms in total. The van der Waals surface area contributed by atoms with Gasteiger partial charge in [-0.1, -0.05) is 29.8 Å². The fourth-order valence-corrected chi connectivity index (χ4v) is 5.00. The smallest absolute Gasteiger partial charge is 0.243 e. The molecule has 1 fully saturated rings. The molecule has 140 valence electrons. The fraction of sp³-hybridized carbons (Fsp3) is 0.368. The van der Waals surface area contributed by atoms with Crippen LogP contribution < -0.4 is 4.74 Å². The van der Waals surface area contributed by atoms with E-state index in [0.29, 0.717) is 42.4 Å². The molecule has 0 saturated carbocycles. The number of benzene rings is 2. The van der Waals surface area contributed by atoms with E-state index >= 15 is 0 Å². The topological polar surface area (TPSA) is 49.9 Å². The van der Waals surface area contributed by atoms with E-state index in [0.717, 1.165) is 17.1 Å². The van der Waals surface area contributed by atoms with Gasteiger partial charge in [0.2, 0.25) is 10.0 Å². The Bertz CT molecular complexity index is 878. The minimum Gasteiger partial charge on any atom is -0.497 e. The van der Waals surface area contributed by atoms with E-state index in [4.69, 9.17) is 16.3 Å². The predicted molar refractivity (Wildman–Crippen MR) is 103 cm³/mol. The number of sulfonamides is 1. The Morgan fingerprint density at radius 1 is 1.08 bits per heavy atom. The number of piperazine rings is 1. The summed E-state index contributed by atoms with van der Waals surface area (Å²) < 4.78 is 32.7. The van der Waals surface area contributed by atoms with E-state index in [1.54, 1.807) is 36.5 Å². The van der Waals surface area contributed by atoms with Gasteiger partial charge in [-0.15, -0.1) is 0 Å². The van der Waals surface area contributed by atoms with Gasteiger partial charge in [-0.3, -0.25) is 4.90 Å². The van der Waals surface area contributed by atoms with Crippen LogP contribution in [0.1, 0.15) is 11.1 Å². The maximum atomic E-state index is 13.0. The van der Waals surface area contributed by atoms with Gasteiger partial charge in [-0.2, -0.15) is 4.31 Å². The first-order chi connectivity index (χ1) is 12.4. The van der Waals surface area contributed by atoms with Crippen LogP contribution >= 0.6 is 11.6 Å². The molecule has 7 heteroatoms. The number of nitrogens with zero attached hydrogens (tertiary/aromatic N) is 2. The zero-order valence-corrected chi connectivity index (χ0v) is 16.6. The second-order valence-electron chi connectivity index (χ2n) is 6.40. The molecule has 1 aliphatic heterocycles. The number of hydrogen-bond acceptors (Lipinski definition) is 4. The van der Waals surface area contributed by atoms with Crippen molar-refractivity contribution >= 4 is 21.6 Å². The van der Waals surface area contributed by atoms with Crippen LogP contribution in [0.3, 0.4) is 0 Å². The third-order valence-corrected chi connectivity index (χ3v) is 7.11. The summed E-state index contributed by atoms with van der Waals surface area (Å²) in [5.41, 5.74) is 1.76. The van der Waals surface area contributed by atoms with Gasteiger partial charge < -0.3 is 4.74 Å². The first-order valence-corrected chi connectivity index (χ1v) is 10.3. The van der Waals surface area contributed by atoms with Gasteiger partial charge in [0.05, 0.1) is 12.0 Å². The molecule has 0 amide bonds. The number of methoxy groups -OCH3 is 1. The molecule has 0 bridgehead atoms. The van der Waals surface area contributed by atoms with Crippen LogP contribution in [-0.2, 0) is 16.6 Å². The lowest BCUT2D eigenvalue weighted by atomic mass is 10.2. The van der Waals surface area contributed by atoms with Gasteiger partial charge in [0, 0.05) is 37.7 Å². The van der Waals surface area contributed by atoms with Gasteiger partial charge >= 0.3 is 0 Å². The van der Waals surface area contributed by atoms with Crippen molar-refractivity contribution in [3.63, 3.8) is 0 Å². The molecule has 1 heterocycles. The summed E-state index contributed by atoms with van der Waals surface area (Å²) >= 11 is 6.22. The lowest BCUT2D eigenvalue weighted by Crippen LogP contribution is -2.48.